The molecule has 0 fully saturated rings. The fourth-order valence-electron chi connectivity index (χ4n) is 3.49. The van der Waals surface area contributed by atoms with Gasteiger partial charge in [-0.1, -0.05) is 29.5 Å². The van der Waals surface area contributed by atoms with Crippen molar-refractivity contribution in [2.45, 2.75) is 44.7 Å². The zero-order valence-corrected chi connectivity index (χ0v) is 18.0. The number of aromatic nitrogens is 3. The first-order valence-corrected chi connectivity index (χ1v) is 11.3. The Morgan fingerprint density at radius 2 is 2.00 bits per heavy atom. The lowest BCUT2D eigenvalue weighted by Gasteiger charge is -2.09. The normalized spacial score (nSPS) is 13.0. The highest BCUT2D eigenvalue weighted by molar-refractivity contribution is 7.99. The molecule has 1 aliphatic rings. The van der Waals surface area contributed by atoms with Gasteiger partial charge in [-0.15, -0.1) is 21.5 Å². The second-order valence-electron chi connectivity index (χ2n) is 7.06. The van der Waals surface area contributed by atoms with Gasteiger partial charge in [-0.2, -0.15) is 5.26 Å². The van der Waals surface area contributed by atoms with Gasteiger partial charge < -0.3 is 5.32 Å². The number of carbonyl (C=O) groups is 1. The van der Waals surface area contributed by atoms with Crippen molar-refractivity contribution in [3.8, 4) is 11.8 Å². The fraction of sp³-hybridized carbons (Fsp3) is 0.333. The van der Waals surface area contributed by atoms with Crippen LogP contribution in [0.4, 0.5) is 5.00 Å². The van der Waals surface area contributed by atoms with Gasteiger partial charge in [0.05, 0.1) is 11.3 Å². The van der Waals surface area contributed by atoms with Crippen LogP contribution in [-0.4, -0.2) is 26.4 Å². The van der Waals surface area contributed by atoms with Crippen LogP contribution in [0.25, 0.3) is 5.69 Å². The van der Waals surface area contributed by atoms with Crippen molar-refractivity contribution in [2.75, 3.05) is 11.1 Å². The smallest absolute Gasteiger partial charge is 0.235 e. The van der Waals surface area contributed by atoms with Crippen molar-refractivity contribution in [1.82, 2.24) is 14.8 Å². The maximum Gasteiger partial charge on any atom is 0.235 e. The molecule has 0 aliphatic heterocycles. The minimum absolute atomic E-state index is 0.138. The summed E-state index contributed by atoms with van der Waals surface area (Å²) in [6, 6.07) is 10.4. The molecule has 1 amide bonds. The van der Waals surface area contributed by atoms with Crippen molar-refractivity contribution in [1.29, 1.82) is 5.26 Å². The van der Waals surface area contributed by atoms with Crippen LogP contribution in [-0.2, 0) is 17.6 Å². The van der Waals surface area contributed by atoms with Crippen LogP contribution in [0.5, 0.6) is 0 Å². The van der Waals surface area contributed by atoms with Crippen molar-refractivity contribution >= 4 is 34.0 Å². The minimum atomic E-state index is -0.138. The monoisotopic (exact) mass is 423 g/mol. The van der Waals surface area contributed by atoms with Crippen LogP contribution in [0.1, 0.15) is 40.2 Å². The molecule has 29 heavy (non-hydrogen) atoms. The van der Waals surface area contributed by atoms with Crippen LogP contribution < -0.4 is 5.32 Å². The minimum Gasteiger partial charge on any atom is -0.316 e. The van der Waals surface area contributed by atoms with Crippen LogP contribution in [0, 0.1) is 25.2 Å². The number of nitrogens with one attached hydrogen (secondary N) is 1. The number of aryl methyl sites for hydroxylation is 3. The van der Waals surface area contributed by atoms with E-state index in [-0.39, 0.29) is 11.7 Å². The van der Waals surface area contributed by atoms with Gasteiger partial charge >= 0.3 is 0 Å². The predicted molar refractivity (Wildman–Crippen MR) is 116 cm³/mol. The van der Waals surface area contributed by atoms with Crippen LogP contribution in [0.2, 0.25) is 0 Å². The molecule has 0 radical (unpaired) electrons. The SMILES string of the molecule is Cc1ccc(-n2c(C)nnc2SCC(=O)Nc2sc3c(c2C#N)CCCC3)cc1. The number of nitriles is 1. The van der Waals surface area contributed by atoms with E-state index in [0.29, 0.717) is 15.7 Å². The molecule has 0 saturated heterocycles. The summed E-state index contributed by atoms with van der Waals surface area (Å²) in [7, 11) is 0. The average Bonchev–Trinajstić information content (AvgIpc) is 3.26. The van der Waals surface area contributed by atoms with E-state index in [1.165, 1.54) is 22.2 Å². The maximum absolute atomic E-state index is 12.6. The number of carbonyl (C=O) groups excluding carboxylic acids is 1. The lowest BCUT2D eigenvalue weighted by Crippen LogP contribution is -2.14. The van der Waals surface area contributed by atoms with Gasteiger partial charge in [0, 0.05) is 10.6 Å². The number of hydrogen-bond donors (Lipinski definition) is 1. The third-order valence-corrected chi connectivity index (χ3v) is 7.09. The lowest BCUT2D eigenvalue weighted by molar-refractivity contribution is -0.113. The van der Waals surface area contributed by atoms with Gasteiger partial charge in [-0.3, -0.25) is 9.36 Å². The highest BCUT2D eigenvalue weighted by Crippen LogP contribution is 2.37. The molecule has 0 spiro atoms. The van der Waals surface area contributed by atoms with Gasteiger partial charge in [-0.05, 0) is 57.2 Å². The fourth-order valence-corrected chi connectivity index (χ4v) is 5.55. The second-order valence-corrected chi connectivity index (χ2v) is 9.11. The Hall–Kier alpha value is -2.63. The molecule has 0 saturated carbocycles. The van der Waals surface area contributed by atoms with E-state index in [1.54, 1.807) is 11.3 Å². The van der Waals surface area contributed by atoms with Gasteiger partial charge in [0.1, 0.15) is 16.9 Å². The summed E-state index contributed by atoms with van der Waals surface area (Å²) < 4.78 is 1.95. The third-order valence-electron chi connectivity index (χ3n) is 4.96. The summed E-state index contributed by atoms with van der Waals surface area (Å²) >= 11 is 2.89. The molecule has 3 aromatic rings. The molecule has 2 aromatic heterocycles. The van der Waals surface area contributed by atoms with E-state index < -0.39 is 0 Å². The van der Waals surface area contributed by atoms with Crippen molar-refractivity contribution in [3.05, 3.63) is 51.7 Å². The molecular formula is C21H21N5OS2. The number of thioether (sulfide) groups is 1. The number of anilines is 1. The number of amides is 1. The molecule has 0 bridgehead atoms. The zero-order valence-electron chi connectivity index (χ0n) is 16.4. The first kappa shape index (κ1) is 19.7. The third kappa shape index (κ3) is 4.07. The molecule has 4 rings (SSSR count). The molecule has 0 atom stereocenters. The average molecular weight is 424 g/mol. The number of thiophene rings is 1. The molecule has 1 N–H and O–H groups in total. The Kier molecular flexibility index (Phi) is 5.69. The van der Waals surface area contributed by atoms with E-state index >= 15 is 0 Å². The number of fused-ring (bicyclic) bond motifs is 1. The highest BCUT2D eigenvalue weighted by atomic mass is 32.2. The summed E-state index contributed by atoms with van der Waals surface area (Å²) in [5.74, 6) is 0.841. The Morgan fingerprint density at radius 1 is 1.24 bits per heavy atom. The van der Waals surface area contributed by atoms with E-state index in [2.05, 4.69) is 21.6 Å². The number of hydrogen-bond acceptors (Lipinski definition) is 6. The van der Waals surface area contributed by atoms with Gasteiger partial charge in [0.2, 0.25) is 5.91 Å². The predicted octanol–water partition coefficient (Wildman–Crippen LogP) is 4.43. The molecule has 148 valence electrons. The molecule has 1 aliphatic carbocycles. The summed E-state index contributed by atoms with van der Waals surface area (Å²) in [5, 5.41) is 22.2. The standard InChI is InChI=1S/C21H21N5OS2/c1-13-7-9-15(10-8-13)26-14(2)24-25-21(26)28-12-19(27)23-20-17(11-22)16-5-3-4-6-18(16)29-20/h7-10H,3-6,12H2,1-2H3,(H,23,27). The maximum atomic E-state index is 12.6. The van der Waals surface area contributed by atoms with Gasteiger partial charge in [0.25, 0.3) is 0 Å². The van der Waals surface area contributed by atoms with E-state index in [9.17, 15) is 10.1 Å². The quantitative estimate of drug-likeness (QED) is 0.614. The molecule has 2 heterocycles. The number of benzene rings is 1. The molecule has 6 nitrogen and oxygen atoms in total. The number of nitrogens with zero attached hydrogens (tertiary/aromatic N) is 4. The molecular weight excluding hydrogens is 402 g/mol. The van der Waals surface area contributed by atoms with Gasteiger partial charge in [0.15, 0.2) is 5.16 Å². The largest absolute Gasteiger partial charge is 0.316 e. The van der Waals surface area contributed by atoms with E-state index in [1.807, 2.05) is 42.7 Å². The van der Waals surface area contributed by atoms with Crippen LogP contribution in [0.3, 0.4) is 0 Å². The first-order valence-electron chi connectivity index (χ1n) is 9.53. The van der Waals surface area contributed by atoms with Crippen molar-refractivity contribution in [3.63, 3.8) is 0 Å². The topological polar surface area (TPSA) is 83.6 Å². The van der Waals surface area contributed by atoms with Crippen molar-refractivity contribution in [2.24, 2.45) is 0 Å². The lowest BCUT2D eigenvalue weighted by atomic mass is 9.96. The molecule has 0 unspecified atom stereocenters. The highest BCUT2D eigenvalue weighted by Gasteiger charge is 2.22. The number of rotatable bonds is 5. The van der Waals surface area contributed by atoms with Crippen LogP contribution in [0.15, 0.2) is 29.4 Å². The van der Waals surface area contributed by atoms with E-state index in [4.69, 9.17) is 0 Å². The second kappa shape index (κ2) is 8.39. The Morgan fingerprint density at radius 3 is 2.76 bits per heavy atom. The molecule has 1 aromatic carbocycles. The Bertz CT molecular complexity index is 1090. The van der Waals surface area contributed by atoms with Gasteiger partial charge in [-0.25, -0.2) is 0 Å². The van der Waals surface area contributed by atoms with Crippen LogP contribution >= 0.6 is 23.1 Å². The summed E-state index contributed by atoms with van der Waals surface area (Å²) in [4.78, 5) is 13.8. The molecule has 8 heteroatoms. The summed E-state index contributed by atoms with van der Waals surface area (Å²) in [5.41, 5.74) is 3.92. The summed E-state index contributed by atoms with van der Waals surface area (Å²) in [6.45, 7) is 3.94. The zero-order chi connectivity index (χ0) is 20.4. The van der Waals surface area contributed by atoms with Crippen molar-refractivity contribution < 1.29 is 4.79 Å². The first-order chi connectivity index (χ1) is 14.1. The Labute approximate surface area is 178 Å². The van der Waals surface area contributed by atoms with E-state index in [0.717, 1.165) is 42.8 Å². The summed E-state index contributed by atoms with van der Waals surface area (Å²) in [6.07, 6.45) is 4.18. The Balaban J connectivity index is 1.47.